The van der Waals surface area contributed by atoms with Gasteiger partial charge in [0.2, 0.25) is 0 Å². The van der Waals surface area contributed by atoms with Gasteiger partial charge in [0.25, 0.3) is 0 Å². The number of hydrazone groups is 1. The van der Waals surface area contributed by atoms with Crippen LogP contribution in [0.2, 0.25) is 0 Å². The highest BCUT2D eigenvalue weighted by Gasteiger charge is 2.39. The highest BCUT2D eigenvalue weighted by atomic mass is 35.5. The number of hydrogen-bond donors (Lipinski definition) is 4. The van der Waals surface area contributed by atoms with Crippen molar-refractivity contribution in [1.29, 1.82) is 0 Å². The van der Waals surface area contributed by atoms with Crippen LogP contribution in [0.3, 0.4) is 0 Å². The Bertz CT molecular complexity index is 1310. The van der Waals surface area contributed by atoms with Crippen LogP contribution in [0, 0.1) is 0 Å². The van der Waals surface area contributed by atoms with E-state index < -0.39 is 17.5 Å². The molecule has 1 aromatic carbocycles. The monoisotopic (exact) mass is 513 g/mol. The number of halogens is 4. The molecular weight excluding hydrogens is 491 g/mol. The lowest BCUT2D eigenvalue weighted by Crippen LogP contribution is -2.29. The van der Waals surface area contributed by atoms with Gasteiger partial charge in [-0.2, -0.15) is 18.3 Å². The maximum atomic E-state index is 14.2. The van der Waals surface area contributed by atoms with Crippen molar-refractivity contribution >= 4 is 47.2 Å². The van der Waals surface area contributed by atoms with Crippen molar-refractivity contribution in [3.63, 3.8) is 0 Å². The van der Waals surface area contributed by atoms with Crippen LogP contribution in [0.1, 0.15) is 18.1 Å². The first-order chi connectivity index (χ1) is 17.1. The topological polar surface area (TPSA) is 99.2 Å². The maximum Gasteiger partial charge on any atom is 0.434 e. The van der Waals surface area contributed by atoms with Gasteiger partial charge in [-0.05, 0) is 31.2 Å². The van der Waals surface area contributed by atoms with Crippen LogP contribution >= 0.6 is 11.6 Å². The molecular formula is C25H23ClF3N7. The quantitative estimate of drug-likeness (QED) is 0.315. The van der Waals surface area contributed by atoms with E-state index >= 15 is 0 Å². The van der Waals surface area contributed by atoms with Gasteiger partial charge in [-0.25, -0.2) is 4.99 Å². The minimum absolute atomic E-state index is 0.0965. The van der Waals surface area contributed by atoms with Crippen LogP contribution in [-0.2, 0) is 0 Å². The normalized spacial score (nSPS) is 16.6. The Morgan fingerprint density at radius 3 is 2.78 bits per heavy atom. The molecule has 0 saturated carbocycles. The lowest BCUT2D eigenvalue weighted by atomic mass is 10.00. The molecule has 5 N–H and O–H groups in total. The van der Waals surface area contributed by atoms with Gasteiger partial charge >= 0.3 is 6.18 Å². The summed E-state index contributed by atoms with van der Waals surface area (Å²) in [5, 5.41) is 9.82. The second-order valence-electron chi connectivity index (χ2n) is 7.39. The molecule has 186 valence electrons. The second-order valence-corrected chi connectivity index (χ2v) is 7.83. The Morgan fingerprint density at radius 1 is 1.28 bits per heavy atom. The molecule has 0 atom stereocenters. The zero-order chi connectivity index (χ0) is 26.3. The minimum atomic E-state index is -4.85. The van der Waals surface area contributed by atoms with Gasteiger partial charge in [0.05, 0.1) is 28.3 Å². The molecule has 11 heteroatoms. The molecule has 3 rings (SSSR count). The predicted molar refractivity (Wildman–Crippen MR) is 141 cm³/mol. The molecule has 2 aliphatic rings. The number of alkyl halides is 3. The SMILES string of the molecule is C=C(NC1=C(C)N=CC=CNN=CC(Cl)=C1)C(=CN)C(=Nc1cccc2c1C=CNC2=C)C(F)(F)F. The summed E-state index contributed by atoms with van der Waals surface area (Å²) in [5.41, 5.74) is 8.93. The molecule has 2 heterocycles. The van der Waals surface area contributed by atoms with Gasteiger partial charge in [-0.1, -0.05) is 36.9 Å². The lowest BCUT2D eigenvalue weighted by molar-refractivity contribution is -0.0581. The van der Waals surface area contributed by atoms with E-state index in [2.05, 4.69) is 44.3 Å². The summed E-state index contributed by atoms with van der Waals surface area (Å²) in [6.45, 7) is 9.30. The van der Waals surface area contributed by atoms with E-state index in [0.29, 0.717) is 22.5 Å². The smallest absolute Gasteiger partial charge is 0.404 e. The number of rotatable bonds is 5. The molecule has 0 bridgehead atoms. The summed E-state index contributed by atoms with van der Waals surface area (Å²) < 4.78 is 42.7. The number of nitrogens with zero attached hydrogens (tertiary/aromatic N) is 3. The summed E-state index contributed by atoms with van der Waals surface area (Å²) in [7, 11) is 0. The van der Waals surface area contributed by atoms with Gasteiger partial charge in [0, 0.05) is 52.9 Å². The van der Waals surface area contributed by atoms with Gasteiger partial charge in [-0.3, -0.25) is 10.4 Å². The van der Waals surface area contributed by atoms with Gasteiger partial charge < -0.3 is 16.4 Å². The van der Waals surface area contributed by atoms with E-state index in [1.54, 1.807) is 37.4 Å². The fourth-order valence-electron chi connectivity index (χ4n) is 3.20. The fourth-order valence-corrected chi connectivity index (χ4v) is 3.36. The van der Waals surface area contributed by atoms with Crippen molar-refractivity contribution in [2.45, 2.75) is 13.1 Å². The first-order valence-electron chi connectivity index (χ1n) is 10.5. The van der Waals surface area contributed by atoms with Gasteiger partial charge in [0.1, 0.15) is 0 Å². The Kier molecular flexibility index (Phi) is 8.34. The lowest BCUT2D eigenvalue weighted by Gasteiger charge is -2.20. The van der Waals surface area contributed by atoms with Crippen LogP contribution in [0.25, 0.3) is 11.8 Å². The number of hydrogen-bond acceptors (Lipinski definition) is 7. The van der Waals surface area contributed by atoms with Crippen molar-refractivity contribution in [3.05, 3.63) is 101 Å². The summed E-state index contributed by atoms with van der Waals surface area (Å²) >= 11 is 6.18. The summed E-state index contributed by atoms with van der Waals surface area (Å²) in [6.07, 6.45) is 6.53. The molecule has 0 saturated heterocycles. The molecule has 7 nitrogen and oxygen atoms in total. The fraction of sp³-hybridized carbons (Fsp3) is 0.0800. The van der Waals surface area contributed by atoms with E-state index in [9.17, 15) is 13.2 Å². The first kappa shape index (κ1) is 26.3. The van der Waals surface area contributed by atoms with Crippen molar-refractivity contribution in [1.82, 2.24) is 16.1 Å². The van der Waals surface area contributed by atoms with Crippen molar-refractivity contribution < 1.29 is 13.2 Å². The average Bonchev–Trinajstić information content (AvgIpc) is 2.85. The first-order valence-corrected chi connectivity index (χ1v) is 10.8. The Balaban J connectivity index is 2.05. The van der Waals surface area contributed by atoms with Crippen LogP contribution < -0.4 is 21.8 Å². The zero-order valence-corrected chi connectivity index (χ0v) is 20.0. The van der Waals surface area contributed by atoms with Crippen LogP contribution in [0.15, 0.2) is 105 Å². The summed E-state index contributed by atoms with van der Waals surface area (Å²) in [5.74, 6) is 0. The third-order valence-corrected chi connectivity index (χ3v) is 5.12. The number of nitrogens with two attached hydrogens (primary N) is 1. The van der Waals surface area contributed by atoms with E-state index in [4.69, 9.17) is 17.3 Å². The molecule has 1 aromatic rings. The van der Waals surface area contributed by atoms with Crippen molar-refractivity contribution in [2.75, 3.05) is 0 Å². The Labute approximate surface area is 211 Å². The van der Waals surface area contributed by atoms with Crippen LogP contribution in [-0.4, -0.2) is 24.3 Å². The molecule has 36 heavy (non-hydrogen) atoms. The molecule has 0 aliphatic carbocycles. The molecule has 0 fully saturated rings. The van der Waals surface area contributed by atoms with Crippen LogP contribution in [0.5, 0.6) is 0 Å². The molecule has 0 spiro atoms. The minimum Gasteiger partial charge on any atom is -0.404 e. The highest BCUT2D eigenvalue weighted by Crippen LogP contribution is 2.34. The maximum absolute atomic E-state index is 14.2. The molecule has 0 amide bonds. The van der Waals surface area contributed by atoms with E-state index in [-0.39, 0.29) is 22.1 Å². The number of aliphatic imine (C=N–C) groups is 2. The third kappa shape index (κ3) is 6.42. The van der Waals surface area contributed by atoms with E-state index in [1.807, 2.05) is 0 Å². The number of nitrogens with one attached hydrogen (secondary N) is 3. The van der Waals surface area contributed by atoms with Gasteiger partial charge in [0.15, 0.2) is 5.71 Å². The molecule has 0 unspecified atom stereocenters. The zero-order valence-electron chi connectivity index (χ0n) is 19.2. The number of fused-ring (bicyclic) bond motifs is 1. The summed E-state index contributed by atoms with van der Waals surface area (Å²) in [6, 6.07) is 4.82. The van der Waals surface area contributed by atoms with Crippen molar-refractivity contribution in [2.24, 2.45) is 20.8 Å². The highest BCUT2D eigenvalue weighted by molar-refractivity contribution is 6.39. The molecule has 0 radical (unpaired) electrons. The number of allylic oxidation sites excluding steroid dienone is 5. The summed E-state index contributed by atoms with van der Waals surface area (Å²) in [4.78, 5) is 8.21. The predicted octanol–water partition coefficient (Wildman–Crippen LogP) is 5.34. The largest absolute Gasteiger partial charge is 0.434 e. The standard InChI is InChI=1S/C25H23ClF3N7/c1-15-19-6-4-7-22(20(19)8-11-32-15)36-24(25(27,28)29)21(13-30)16(2)35-23-12-18(26)14-34-33-10-5-9-31-17(23)3/h4-14,32-33,35H,1-2,30H2,3H3. The van der Waals surface area contributed by atoms with Gasteiger partial charge in [-0.15, -0.1) is 0 Å². The number of benzene rings is 1. The molecule has 0 aromatic heterocycles. The van der Waals surface area contributed by atoms with E-state index in [0.717, 1.165) is 6.20 Å². The average molecular weight is 514 g/mol. The Hall–Kier alpha value is -4.31. The van der Waals surface area contributed by atoms with E-state index in [1.165, 1.54) is 30.8 Å². The Morgan fingerprint density at radius 2 is 2.06 bits per heavy atom. The molecule has 2 aliphatic heterocycles. The van der Waals surface area contributed by atoms with Crippen molar-refractivity contribution in [3.8, 4) is 0 Å². The van der Waals surface area contributed by atoms with Crippen LogP contribution in [0.4, 0.5) is 18.9 Å². The second kappa shape index (κ2) is 11.4. The third-order valence-electron chi connectivity index (χ3n) is 4.91.